The lowest BCUT2D eigenvalue weighted by atomic mass is 10.1. The molecule has 0 aliphatic heterocycles. The van der Waals surface area contributed by atoms with Crippen LogP contribution in [0.15, 0.2) is 101 Å². The van der Waals surface area contributed by atoms with Crippen LogP contribution in [-0.2, 0) is 20.0 Å². The van der Waals surface area contributed by atoms with Gasteiger partial charge < -0.3 is 15.3 Å². The van der Waals surface area contributed by atoms with Gasteiger partial charge in [-0.05, 0) is 59.3 Å². The van der Waals surface area contributed by atoms with Gasteiger partial charge in [-0.3, -0.25) is 0 Å². The number of anilines is 2. The smallest absolute Gasteiger partial charge is 0.426 e. The van der Waals surface area contributed by atoms with Gasteiger partial charge in [0.05, 0.1) is 16.3 Å². The standard InChI is InChI=1S/C24H18N2O9S2/c27-21-14-16-11-12-20(36(32,33)25(23(28)29)18-7-3-1-4-8-18)13-17(16)15-22(21)37(34,35)26(24(30)31)19-9-5-2-6-10-19/h1-15,27H,(H,28,29)(H,30,31). The van der Waals surface area contributed by atoms with Gasteiger partial charge in [-0.25, -0.2) is 26.4 Å². The van der Waals surface area contributed by atoms with Crippen molar-refractivity contribution >= 4 is 54.4 Å². The topological polar surface area (TPSA) is 170 Å². The van der Waals surface area contributed by atoms with Gasteiger partial charge in [-0.1, -0.05) is 42.5 Å². The van der Waals surface area contributed by atoms with Crippen LogP contribution in [-0.4, -0.2) is 44.3 Å². The molecule has 190 valence electrons. The van der Waals surface area contributed by atoms with Crippen molar-refractivity contribution in [3.05, 3.63) is 91.0 Å². The molecule has 4 aromatic carbocycles. The lowest BCUT2D eigenvalue weighted by Gasteiger charge is -2.21. The molecule has 0 unspecified atom stereocenters. The minimum Gasteiger partial charge on any atom is -0.506 e. The first-order chi connectivity index (χ1) is 17.4. The Hall–Kier alpha value is -4.62. The SMILES string of the molecule is O=C(O)N(c1ccccc1)S(=O)(=O)c1ccc2cc(O)c(S(=O)(=O)N(C(=O)O)c3ccccc3)cc2c1. The number of fused-ring (bicyclic) bond motifs is 1. The summed E-state index contributed by atoms with van der Waals surface area (Å²) < 4.78 is 53.3. The van der Waals surface area contributed by atoms with E-state index in [1.807, 2.05) is 0 Å². The molecule has 11 nitrogen and oxygen atoms in total. The number of aromatic hydroxyl groups is 1. The number of amides is 2. The Kier molecular flexibility index (Phi) is 6.50. The molecule has 0 aliphatic carbocycles. The number of sulfonamides is 2. The van der Waals surface area contributed by atoms with Crippen LogP contribution >= 0.6 is 0 Å². The molecule has 0 saturated carbocycles. The number of carboxylic acid groups (broad SMARTS) is 2. The van der Waals surface area contributed by atoms with Gasteiger partial charge in [0.1, 0.15) is 10.6 Å². The van der Waals surface area contributed by atoms with Crippen molar-refractivity contribution in [2.75, 3.05) is 8.61 Å². The van der Waals surface area contributed by atoms with E-state index >= 15 is 0 Å². The quantitative estimate of drug-likeness (QED) is 0.321. The van der Waals surface area contributed by atoms with Gasteiger partial charge in [-0.2, -0.15) is 8.61 Å². The summed E-state index contributed by atoms with van der Waals surface area (Å²) in [5.74, 6) is -0.762. The number of nitrogens with zero attached hydrogens (tertiary/aromatic N) is 2. The number of hydrogen-bond acceptors (Lipinski definition) is 7. The molecule has 0 saturated heterocycles. The molecule has 13 heteroatoms. The molecule has 0 atom stereocenters. The van der Waals surface area contributed by atoms with Crippen molar-refractivity contribution < 1.29 is 41.7 Å². The van der Waals surface area contributed by atoms with E-state index in [4.69, 9.17) is 0 Å². The zero-order valence-electron chi connectivity index (χ0n) is 18.7. The lowest BCUT2D eigenvalue weighted by molar-refractivity contribution is 0.204. The van der Waals surface area contributed by atoms with Gasteiger partial charge in [0.2, 0.25) is 0 Å². The third-order valence-corrected chi connectivity index (χ3v) is 8.70. The Morgan fingerprint density at radius 2 is 1.08 bits per heavy atom. The second-order valence-corrected chi connectivity index (χ2v) is 11.1. The van der Waals surface area contributed by atoms with Crippen LogP contribution < -0.4 is 8.61 Å². The van der Waals surface area contributed by atoms with Crippen LogP contribution in [0.2, 0.25) is 0 Å². The first-order valence-corrected chi connectivity index (χ1v) is 13.3. The molecule has 0 fully saturated rings. The molecule has 0 aliphatic rings. The highest BCUT2D eigenvalue weighted by Gasteiger charge is 2.34. The number of hydrogen-bond donors (Lipinski definition) is 3. The third-order valence-electron chi connectivity index (χ3n) is 5.27. The Labute approximate surface area is 211 Å². The van der Waals surface area contributed by atoms with Crippen LogP contribution in [0.5, 0.6) is 5.75 Å². The van der Waals surface area contributed by atoms with E-state index < -0.39 is 47.8 Å². The maximum absolute atomic E-state index is 13.3. The lowest BCUT2D eigenvalue weighted by Crippen LogP contribution is -2.36. The number of phenols is 1. The van der Waals surface area contributed by atoms with Gasteiger partial charge in [0.25, 0.3) is 20.0 Å². The van der Waals surface area contributed by atoms with Crippen LogP contribution in [0.3, 0.4) is 0 Å². The summed E-state index contributed by atoms with van der Waals surface area (Å²) in [6.45, 7) is 0. The molecule has 2 amide bonds. The number of phenolic OH excluding ortho intramolecular Hbond substituents is 1. The first kappa shape index (κ1) is 25.5. The van der Waals surface area contributed by atoms with E-state index in [1.165, 1.54) is 54.6 Å². The van der Waals surface area contributed by atoms with Crippen molar-refractivity contribution in [1.29, 1.82) is 0 Å². The summed E-state index contributed by atoms with van der Waals surface area (Å²) in [5, 5.41) is 29.9. The van der Waals surface area contributed by atoms with E-state index in [-0.39, 0.29) is 30.8 Å². The van der Waals surface area contributed by atoms with Crippen LogP contribution in [0, 0.1) is 0 Å². The first-order valence-electron chi connectivity index (χ1n) is 10.4. The summed E-state index contributed by atoms with van der Waals surface area (Å²) in [7, 11) is -9.53. The monoisotopic (exact) mass is 542 g/mol. The zero-order chi connectivity index (χ0) is 27.0. The van der Waals surface area contributed by atoms with E-state index in [9.17, 15) is 41.7 Å². The van der Waals surface area contributed by atoms with E-state index in [0.717, 1.165) is 24.3 Å². The predicted molar refractivity (Wildman–Crippen MR) is 134 cm³/mol. The molecule has 0 aromatic heterocycles. The van der Waals surface area contributed by atoms with E-state index in [0.29, 0.717) is 0 Å². The van der Waals surface area contributed by atoms with Gasteiger partial charge in [0.15, 0.2) is 0 Å². The second kappa shape index (κ2) is 9.44. The van der Waals surface area contributed by atoms with Crippen LogP contribution in [0.4, 0.5) is 21.0 Å². The number of benzene rings is 4. The third kappa shape index (κ3) is 4.64. The summed E-state index contributed by atoms with van der Waals surface area (Å²) in [5.41, 5.74) is -0.338. The Balaban J connectivity index is 1.87. The molecule has 0 radical (unpaired) electrons. The molecule has 37 heavy (non-hydrogen) atoms. The predicted octanol–water partition coefficient (Wildman–Crippen LogP) is 4.29. The van der Waals surface area contributed by atoms with Gasteiger partial charge in [0, 0.05) is 0 Å². The number of para-hydroxylation sites is 2. The summed E-state index contributed by atoms with van der Waals surface area (Å²) in [6, 6.07) is 19.4. The van der Waals surface area contributed by atoms with Crippen LogP contribution in [0.1, 0.15) is 0 Å². The van der Waals surface area contributed by atoms with Gasteiger partial charge in [-0.15, -0.1) is 0 Å². The normalized spacial score (nSPS) is 11.7. The second-order valence-electron chi connectivity index (χ2n) is 7.60. The number of rotatable bonds is 6. The highest BCUT2D eigenvalue weighted by Crippen LogP contribution is 2.35. The average molecular weight is 543 g/mol. The van der Waals surface area contributed by atoms with Crippen LogP contribution in [0.25, 0.3) is 10.8 Å². The molecule has 0 heterocycles. The molecule has 3 N–H and O–H groups in total. The van der Waals surface area contributed by atoms with Crippen molar-refractivity contribution in [3.8, 4) is 5.75 Å². The highest BCUT2D eigenvalue weighted by atomic mass is 32.2. The van der Waals surface area contributed by atoms with E-state index in [1.54, 1.807) is 12.1 Å². The average Bonchev–Trinajstić information content (AvgIpc) is 2.84. The fourth-order valence-electron chi connectivity index (χ4n) is 3.64. The maximum Gasteiger partial charge on any atom is 0.426 e. The molecule has 0 bridgehead atoms. The summed E-state index contributed by atoms with van der Waals surface area (Å²) >= 11 is 0. The molecule has 4 rings (SSSR count). The minimum atomic E-state index is -4.87. The highest BCUT2D eigenvalue weighted by molar-refractivity contribution is 7.94. The Bertz CT molecular complexity index is 1720. The Morgan fingerprint density at radius 3 is 1.57 bits per heavy atom. The molecular weight excluding hydrogens is 524 g/mol. The van der Waals surface area contributed by atoms with Crippen molar-refractivity contribution in [3.63, 3.8) is 0 Å². The largest absolute Gasteiger partial charge is 0.506 e. The zero-order valence-corrected chi connectivity index (χ0v) is 20.3. The van der Waals surface area contributed by atoms with Crippen molar-refractivity contribution in [1.82, 2.24) is 0 Å². The van der Waals surface area contributed by atoms with Crippen molar-refractivity contribution in [2.45, 2.75) is 9.79 Å². The molecule has 0 spiro atoms. The fourth-order valence-corrected chi connectivity index (χ4v) is 6.38. The molecular formula is C24H18N2O9S2. The van der Waals surface area contributed by atoms with E-state index in [2.05, 4.69) is 0 Å². The fraction of sp³-hybridized carbons (Fsp3) is 0. The maximum atomic E-state index is 13.3. The molecule has 4 aromatic rings. The minimum absolute atomic E-state index is 0.00532. The summed E-state index contributed by atoms with van der Waals surface area (Å²) in [4.78, 5) is 22.5. The van der Waals surface area contributed by atoms with Gasteiger partial charge >= 0.3 is 12.2 Å². The summed E-state index contributed by atoms with van der Waals surface area (Å²) in [6.07, 6.45) is -3.60. The van der Waals surface area contributed by atoms with Crippen molar-refractivity contribution in [2.24, 2.45) is 0 Å². The Morgan fingerprint density at radius 1 is 0.595 bits per heavy atom. The number of carbonyl (C=O) groups is 2.